The summed E-state index contributed by atoms with van der Waals surface area (Å²) >= 11 is 0. The number of esters is 2. The quantitative estimate of drug-likeness (QED) is 0.119. The van der Waals surface area contributed by atoms with Crippen LogP contribution in [-0.4, -0.2) is 107 Å². The van der Waals surface area contributed by atoms with Gasteiger partial charge in [0.25, 0.3) is 0 Å². The molecular weight excluding hydrogens is 536 g/mol. The average Bonchev–Trinajstić information content (AvgIpc) is 2.95. The fourth-order valence-electron chi connectivity index (χ4n) is 4.36. The van der Waals surface area contributed by atoms with Gasteiger partial charge in [-0.25, -0.2) is 4.79 Å². The summed E-state index contributed by atoms with van der Waals surface area (Å²) in [6.07, 6.45) is -7.63. The van der Waals surface area contributed by atoms with Gasteiger partial charge >= 0.3 is 11.9 Å². The molecule has 14 heteroatoms. The lowest BCUT2D eigenvalue weighted by atomic mass is 9.86. The van der Waals surface area contributed by atoms with Gasteiger partial charge in [0.2, 0.25) is 6.29 Å². The third-order valence-electron chi connectivity index (χ3n) is 6.65. The van der Waals surface area contributed by atoms with Crippen LogP contribution >= 0.6 is 0 Å². The molecule has 0 amide bonds. The molecule has 0 saturated carbocycles. The second kappa shape index (κ2) is 13.9. The number of phenolic OH excluding ortho intramolecular Hbond substituents is 2. The first kappa shape index (κ1) is 31.3. The maximum absolute atomic E-state index is 12.9. The number of ether oxygens (including phenoxy) is 6. The third-order valence-corrected chi connectivity index (χ3v) is 6.65. The molecular formula is C26H34O14. The van der Waals surface area contributed by atoms with Crippen LogP contribution in [0.4, 0.5) is 0 Å². The van der Waals surface area contributed by atoms with Crippen LogP contribution in [0.25, 0.3) is 0 Å². The van der Waals surface area contributed by atoms with Gasteiger partial charge in [0.1, 0.15) is 37.1 Å². The molecule has 14 nitrogen and oxygen atoms in total. The summed E-state index contributed by atoms with van der Waals surface area (Å²) in [5.41, 5.74) is 0.686. The molecule has 0 bridgehead atoms. The van der Waals surface area contributed by atoms with Crippen LogP contribution in [-0.2, 0) is 38.0 Å². The number of methoxy groups -OCH3 is 2. The minimum absolute atomic E-state index is 0.0204. The summed E-state index contributed by atoms with van der Waals surface area (Å²) < 4.78 is 32.2. The van der Waals surface area contributed by atoms with Crippen LogP contribution in [0.1, 0.15) is 25.0 Å². The largest absolute Gasteiger partial charge is 0.504 e. The minimum Gasteiger partial charge on any atom is -0.504 e. The Bertz CT molecular complexity index is 1100. The molecule has 0 aromatic heterocycles. The van der Waals surface area contributed by atoms with Crippen molar-refractivity contribution in [2.45, 2.75) is 56.4 Å². The molecule has 2 heterocycles. The van der Waals surface area contributed by atoms with Crippen LogP contribution in [0.5, 0.6) is 11.5 Å². The van der Waals surface area contributed by atoms with E-state index in [0.717, 1.165) is 13.4 Å². The number of benzene rings is 1. The fourth-order valence-corrected chi connectivity index (χ4v) is 4.36. The Labute approximate surface area is 229 Å². The van der Waals surface area contributed by atoms with Gasteiger partial charge in [-0.3, -0.25) is 4.79 Å². The molecule has 6 N–H and O–H groups in total. The van der Waals surface area contributed by atoms with E-state index in [9.17, 15) is 40.2 Å². The van der Waals surface area contributed by atoms with E-state index in [0.29, 0.717) is 5.56 Å². The van der Waals surface area contributed by atoms with Crippen LogP contribution in [0.2, 0.25) is 0 Å². The van der Waals surface area contributed by atoms with E-state index in [4.69, 9.17) is 28.4 Å². The van der Waals surface area contributed by atoms with Gasteiger partial charge in [-0.05, 0) is 24.6 Å². The normalized spacial score (nSPS) is 30.2. The number of carbonyl (C=O) groups excluding carboxylic acids is 2. The summed E-state index contributed by atoms with van der Waals surface area (Å²) in [5.74, 6) is -3.16. The molecule has 222 valence electrons. The summed E-state index contributed by atoms with van der Waals surface area (Å²) in [7, 11) is 2.53. The zero-order valence-electron chi connectivity index (χ0n) is 22.1. The average molecular weight is 571 g/mol. The Kier molecular flexibility index (Phi) is 10.9. The van der Waals surface area contributed by atoms with Crippen molar-refractivity contribution in [3.63, 3.8) is 0 Å². The van der Waals surface area contributed by atoms with Crippen molar-refractivity contribution in [1.82, 2.24) is 0 Å². The van der Waals surface area contributed by atoms with Crippen LogP contribution < -0.4 is 0 Å². The Morgan fingerprint density at radius 2 is 1.80 bits per heavy atom. The van der Waals surface area contributed by atoms with Crippen LogP contribution in [0, 0.1) is 5.92 Å². The van der Waals surface area contributed by atoms with Gasteiger partial charge < -0.3 is 59.1 Å². The molecule has 1 aromatic rings. The molecule has 2 aliphatic rings. The number of aliphatic hydroxyl groups excluding tert-OH is 4. The molecule has 0 radical (unpaired) electrons. The highest BCUT2D eigenvalue weighted by molar-refractivity contribution is 5.90. The molecule has 0 spiro atoms. The molecule has 0 aliphatic carbocycles. The van der Waals surface area contributed by atoms with E-state index in [1.54, 1.807) is 6.92 Å². The van der Waals surface area contributed by atoms with Crippen molar-refractivity contribution in [1.29, 1.82) is 0 Å². The van der Waals surface area contributed by atoms with E-state index >= 15 is 0 Å². The summed E-state index contributed by atoms with van der Waals surface area (Å²) in [5, 5.41) is 59.2. The Hall–Kier alpha value is -3.24. The zero-order valence-corrected chi connectivity index (χ0v) is 22.1. The number of rotatable bonds is 10. The van der Waals surface area contributed by atoms with Crippen molar-refractivity contribution in [2.75, 3.05) is 27.4 Å². The lowest BCUT2D eigenvalue weighted by molar-refractivity contribution is -0.327. The summed E-state index contributed by atoms with van der Waals surface area (Å²) in [6, 6.07) is 4.03. The summed E-state index contributed by atoms with van der Waals surface area (Å²) in [6.45, 7) is 0.676. The lowest BCUT2D eigenvalue weighted by Gasteiger charge is -2.41. The molecule has 1 aromatic carbocycles. The first-order chi connectivity index (χ1) is 19.1. The number of phenols is 2. The highest BCUT2D eigenvalue weighted by Gasteiger charge is 2.47. The first-order valence-electron chi connectivity index (χ1n) is 12.3. The van der Waals surface area contributed by atoms with Gasteiger partial charge in [-0.2, -0.15) is 0 Å². The second-order valence-electron chi connectivity index (χ2n) is 9.07. The van der Waals surface area contributed by atoms with E-state index in [1.165, 1.54) is 31.4 Å². The monoisotopic (exact) mass is 570 g/mol. The first-order valence-corrected chi connectivity index (χ1v) is 12.3. The number of aromatic hydroxyl groups is 2. The molecule has 40 heavy (non-hydrogen) atoms. The Morgan fingerprint density at radius 3 is 2.40 bits per heavy atom. The minimum atomic E-state index is -1.71. The molecule has 0 unspecified atom stereocenters. The van der Waals surface area contributed by atoms with Gasteiger partial charge in [0.15, 0.2) is 17.8 Å². The van der Waals surface area contributed by atoms with E-state index in [1.807, 2.05) is 0 Å². The lowest BCUT2D eigenvalue weighted by Crippen LogP contribution is -2.60. The van der Waals surface area contributed by atoms with Gasteiger partial charge in [0.05, 0.1) is 32.0 Å². The van der Waals surface area contributed by atoms with E-state index in [2.05, 4.69) is 0 Å². The fraction of sp³-hybridized carbons (Fsp3) is 0.538. The van der Waals surface area contributed by atoms with Crippen molar-refractivity contribution >= 4 is 11.9 Å². The maximum atomic E-state index is 12.9. The zero-order chi connectivity index (χ0) is 29.6. The van der Waals surface area contributed by atoms with E-state index in [-0.39, 0.29) is 35.7 Å². The topological polar surface area (TPSA) is 211 Å². The highest BCUT2D eigenvalue weighted by atomic mass is 16.8. The summed E-state index contributed by atoms with van der Waals surface area (Å²) in [4.78, 5) is 25.4. The SMILES string of the molecule is CC=C1[C@H](O[C@@H]2O[C@H](CO)[C@@H](O)[C@H](O)[C@H]2O)OC=C(C(=O)OC)[C@H]1CC(=O)OC[C@@H](OC)c1ccc(O)c(O)c1. The van der Waals surface area contributed by atoms with Gasteiger partial charge in [-0.15, -0.1) is 0 Å². The second-order valence-corrected chi connectivity index (χ2v) is 9.07. The standard InChI is InChI=1S/C26H34O14/c1-4-13-14(8-20(30)37-11-19(35-2)12-5-6-16(28)17(29)7-12)15(24(34)36-3)10-38-25(13)40-26-23(33)22(32)21(31)18(9-27)39-26/h4-7,10,14,18-19,21-23,25-29,31-33H,8-9,11H2,1-3H3/t14-,18+,19+,21+,22-,23+,25-,26-/m0/s1. The number of hydrogen-bond acceptors (Lipinski definition) is 14. The van der Waals surface area contributed by atoms with Crippen molar-refractivity contribution in [2.24, 2.45) is 5.92 Å². The third kappa shape index (κ3) is 6.90. The Morgan fingerprint density at radius 1 is 1.07 bits per heavy atom. The number of aliphatic hydroxyl groups is 4. The number of allylic oxidation sites excluding steroid dienone is 1. The van der Waals surface area contributed by atoms with Crippen LogP contribution in [0.15, 0.2) is 41.7 Å². The predicted molar refractivity (Wildman–Crippen MR) is 132 cm³/mol. The molecule has 8 atom stereocenters. The molecule has 2 aliphatic heterocycles. The molecule has 1 saturated heterocycles. The molecule has 3 rings (SSSR count). The van der Waals surface area contributed by atoms with E-state index < -0.39 is 67.6 Å². The van der Waals surface area contributed by atoms with Crippen molar-refractivity contribution < 1.29 is 68.6 Å². The van der Waals surface area contributed by atoms with Gasteiger partial charge in [0, 0.05) is 18.6 Å². The predicted octanol–water partition coefficient (Wildman–Crippen LogP) is -0.489. The highest BCUT2D eigenvalue weighted by Crippen LogP contribution is 2.36. The smallest absolute Gasteiger partial charge is 0.337 e. The van der Waals surface area contributed by atoms with Gasteiger partial charge in [-0.1, -0.05) is 12.1 Å². The maximum Gasteiger partial charge on any atom is 0.337 e. The van der Waals surface area contributed by atoms with Crippen molar-refractivity contribution in [3.05, 3.63) is 47.2 Å². The Balaban J connectivity index is 1.75. The molecule has 1 fully saturated rings. The van der Waals surface area contributed by atoms with Crippen LogP contribution in [0.3, 0.4) is 0 Å². The number of hydrogen-bond donors (Lipinski definition) is 6. The number of carbonyl (C=O) groups is 2. The van der Waals surface area contributed by atoms with Crippen molar-refractivity contribution in [3.8, 4) is 11.5 Å².